The number of benzene rings is 2. The fraction of sp³-hybridized carbons (Fsp3) is 0.136. The Labute approximate surface area is 172 Å². The molecular formula is C22H18ClN3O3. The highest BCUT2D eigenvalue weighted by Crippen LogP contribution is 2.34. The van der Waals surface area contributed by atoms with Crippen LogP contribution in [-0.4, -0.2) is 24.2 Å². The van der Waals surface area contributed by atoms with E-state index in [4.69, 9.17) is 22.1 Å². The van der Waals surface area contributed by atoms with Crippen LogP contribution in [0.15, 0.2) is 59.4 Å². The quantitative estimate of drug-likeness (QED) is 0.676. The molecule has 0 saturated carbocycles. The Kier molecular flexibility index (Phi) is 6.13. The van der Waals surface area contributed by atoms with Gasteiger partial charge < -0.3 is 15.0 Å². The van der Waals surface area contributed by atoms with Gasteiger partial charge in [0.15, 0.2) is 0 Å². The molecule has 146 valence electrons. The number of primary amides is 1. The number of rotatable bonds is 6. The first-order valence-corrected chi connectivity index (χ1v) is 9.18. The van der Waals surface area contributed by atoms with Crippen LogP contribution in [0.25, 0.3) is 22.4 Å². The topological polar surface area (TPSA) is 98.1 Å². The molecule has 0 unspecified atom stereocenters. The summed E-state index contributed by atoms with van der Waals surface area (Å²) in [5.41, 5.74) is 7.15. The van der Waals surface area contributed by atoms with Gasteiger partial charge in [-0.25, -0.2) is 0 Å². The third-order valence-corrected chi connectivity index (χ3v) is 4.84. The molecule has 2 aromatic carbocycles. The molecular weight excluding hydrogens is 390 g/mol. The molecule has 0 saturated heterocycles. The lowest BCUT2D eigenvalue weighted by Gasteiger charge is -2.19. The Bertz CT molecular complexity index is 1160. The number of amides is 1. The second-order valence-corrected chi connectivity index (χ2v) is 6.68. The molecule has 0 aliphatic heterocycles. The molecule has 0 atom stereocenters. The van der Waals surface area contributed by atoms with Crippen LogP contribution in [0.5, 0.6) is 0 Å². The number of carbonyl (C=O) groups is 1. The molecule has 0 spiro atoms. The normalized spacial score (nSPS) is 10.5. The van der Waals surface area contributed by atoms with Crippen LogP contribution in [-0.2, 0) is 11.3 Å². The molecule has 7 heteroatoms. The van der Waals surface area contributed by atoms with Gasteiger partial charge in [0.2, 0.25) is 0 Å². The second-order valence-electron chi connectivity index (χ2n) is 6.27. The van der Waals surface area contributed by atoms with Crippen molar-refractivity contribution >= 4 is 17.5 Å². The molecule has 0 bridgehead atoms. The van der Waals surface area contributed by atoms with Crippen LogP contribution in [0.3, 0.4) is 0 Å². The first kappa shape index (κ1) is 20.3. The first-order chi connectivity index (χ1) is 14.0. The predicted molar refractivity (Wildman–Crippen MR) is 112 cm³/mol. The van der Waals surface area contributed by atoms with E-state index in [2.05, 4.69) is 6.07 Å². The van der Waals surface area contributed by atoms with Crippen LogP contribution in [0, 0.1) is 11.3 Å². The average molecular weight is 408 g/mol. The number of nitrogens with zero attached hydrogens (tertiary/aromatic N) is 2. The van der Waals surface area contributed by atoms with Gasteiger partial charge in [0.1, 0.15) is 0 Å². The summed E-state index contributed by atoms with van der Waals surface area (Å²) in [7, 11) is 1.51. The maximum atomic E-state index is 13.4. The summed E-state index contributed by atoms with van der Waals surface area (Å²) in [6.07, 6.45) is 0. The van der Waals surface area contributed by atoms with Crippen molar-refractivity contribution in [2.24, 2.45) is 5.73 Å². The van der Waals surface area contributed by atoms with Crippen molar-refractivity contribution < 1.29 is 9.53 Å². The lowest BCUT2D eigenvalue weighted by Crippen LogP contribution is -2.29. The van der Waals surface area contributed by atoms with E-state index in [9.17, 15) is 14.9 Å². The number of nitrogens with two attached hydrogens (primary N) is 1. The molecule has 6 nitrogen and oxygen atoms in total. The molecule has 0 aliphatic carbocycles. The first-order valence-electron chi connectivity index (χ1n) is 8.80. The van der Waals surface area contributed by atoms with E-state index >= 15 is 0 Å². The molecule has 3 aromatic rings. The molecule has 0 fully saturated rings. The summed E-state index contributed by atoms with van der Waals surface area (Å²) in [6, 6.07) is 17.3. The Morgan fingerprint density at radius 2 is 1.93 bits per heavy atom. The van der Waals surface area contributed by atoms with Crippen molar-refractivity contribution in [2.75, 3.05) is 13.7 Å². The molecule has 1 amide bonds. The minimum atomic E-state index is -0.729. The standard InChI is InChI=1S/C22H18ClN3O3/c1-29-11-10-26-20(19-15(13-24)8-5-9-18(19)23)17(21(25)27)12-16(22(26)28)14-6-3-2-4-7-14/h2-9,12H,10-11H2,1H3,(H2,25,27). The maximum Gasteiger partial charge on any atom is 0.259 e. The van der Waals surface area contributed by atoms with Gasteiger partial charge >= 0.3 is 0 Å². The van der Waals surface area contributed by atoms with Crippen molar-refractivity contribution in [3.05, 3.63) is 81.1 Å². The number of aromatic nitrogens is 1. The smallest absolute Gasteiger partial charge is 0.259 e. The largest absolute Gasteiger partial charge is 0.383 e. The van der Waals surface area contributed by atoms with Gasteiger partial charge in [-0.1, -0.05) is 48.0 Å². The highest BCUT2D eigenvalue weighted by atomic mass is 35.5. The highest BCUT2D eigenvalue weighted by Gasteiger charge is 2.24. The molecule has 29 heavy (non-hydrogen) atoms. The minimum absolute atomic E-state index is 0.101. The lowest BCUT2D eigenvalue weighted by molar-refractivity contribution is 0.1000. The Morgan fingerprint density at radius 1 is 1.21 bits per heavy atom. The average Bonchev–Trinajstić information content (AvgIpc) is 2.73. The predicted octanol–water partition coefficient (Wildman–Crippen LogP) is 3.45. The number of hydrogen-bond acceptors (Lipinski definition) is 4. The van der Waals surface area contributed by atoms with Crippen LogP contribution in [0.1, 0.15) is 15.9 Å². The molecule has 0 aliphatic rings. The third-order valence-electron chi connectivity index (χ3n) is 4.53. The number of carbonyl (C=O) groups excluding carboxylic acids is 1. The molecule has 0 radical (unpaired) electrons. The SMILES string of the molecule is COCCn1c(-c2c(Cl)cccc2C#N)c(C(N)=O)cc(-c2ccccc2)c1=O. The van der Waals surface area contributed by atoms with Crippen molar-refractivity contribution in [2.45, 2.75) is 6.54 Å². The van der Waals surface area contributed by atoms with Crippen molar-refractivity contribution in [1.82, 2.24) is 4.57 Å². The van der Waals surface area contributed by atoms with Gasteiger partial charge in [-0.3, -0.25) is 9.59 Å². The minimum Gasteiger partial charge on any atom is -0.383 e. The van der Waals surface area contributed by atoms with Gasteiger partial charge in [-0.05, 0) is 23.8 Å². The number of methoxy groups -OCH3 is 1. The van der Waals surface area contributed by atoms with Crippen molar-refractivity contribution in [3.63, 3.8) is 0 Å². The zero-order valence-electron chi connectivity index (χ0n) is 15.7. The van der Waals surface area contributed by atoms with E-state index in [0.29, 0.717) is 16.7 Å². The van der Waals surface area contributed by atoms with E-state index in [1.54, 1.807) is 42.5 Å². The zero-order valence-corrected chi connectivity index (χ0v) is 16.4. The molecule has 1 aromatic heterocycles. The van der Waals surface area contributed by atoms with Gasteiger partial charge in [0.25, 0.3) is 11.5 Å². The maximum absolute atomic E-state index is 13.4. The monoisotopic (exact) mass is 407 g/mol. The molecule has 2 N–H and O–H groups in total. The fourth-order valence-corrected chi connectivity index (χ4v) is 3.47. The number of ether oxygens (including phenoxy) is 1. The number of pyridine rings is 1. The number of halogens is 1. The lowest BCUT2D eigenvalue weighted by atomic mass is 9.96. The Balaban J connectivity index is 2.46. The van der Waals surface area contributed by atoms with Crippen LogP contribution < -0.4 is 11.3 Å². The van der Waals surface area contributed by atoms with Gasteiger partial charge in [-0.15, -0.1) is 0 Å². The number of nitriles is 1. The Hall–Kier alpha value is -3.40. The summed E-state index contributed by atoms with van der Waals surface area (Å²) in [4.78, 5) is 25.8. The van der Waals surface area contributed by atoms with E-state index in [1.807, 2.05) is 6.07 Å². The fourth-order valence-electron chi connectivity index (χ4n) is 3.20. The van der Waals surface area contributed by atoms with Gasteiger partial charge in [0.05, 0.1) is 34.5 Å². The van der Waals surface area contributed by atoms with E-state index in [0.717, 1.165) is 0 Å². The van der Waals surface area contributed by atoms with Gasteiger partial charge in [0, 0.05) is 24.8 Å². The zero-order chi connectivity index (χ0) is 21.0. The highest BCUT2D eigenvalue weighted by molar-refractivity contribution is 6.33. The van der Waals surface area contributed by atoms with E-state index in [-0.39, 0.29) is 40.6 Å². The van der Waals surface area contributed by atoms with Crippen LogP contribution >= 0.6 is 11.6 Å². The van der Waals surface area contributed by atoms with Gasteiger partial charge in [-0.2, -0.15) is 5.26 Å². The summed E-state index contributed by atoms with van der Waals surface area (Å²) in [5.74, 6) is -0.729. The summed E-state index contributed by atoms with van der Waals surface area (Å²) >= 11 is 6.38. The number of hydrogen-bond donors (Lipinski definition) is 1. The summed E-state index contributed by atoms with van der Waals surface area (Å²) < 4.78 is 6.55. The van der Waals surface area contributed by atoms with Crippen LogP contribution in [0.2, 0.25) is 5.02 Å². The van der Waals surface area contributed by atoms with E-state index < -0.39 is 5.91 Å². The second kappa shape index (κ2) is 8.74. The molecule has 1 heterocycles. The van der Waals surface area contributed by atoms with Crippen molar-refractivity contribution in [3.8, 4) is 28.5 Å². The Morgan fingerprint density at radius 3 is 2.55 bits per heavy atom. The summed E-state index contributed by atoms with van der Waals surface area (Å²) in [6.45, 7) is 0.372. The summed E-state index contributed by atoms with van der Waals surface area (Å²) in [5, 5.41) is 9.81. The van der Waals surface area contributed by atoms with Crippen molar-refractivity contribution in [1.29, 1.82) is 5.26 Å². The van der Waals surface area contributed by atoms with E-state index in [1.165, 1.54) is 17.7 Å². The molecule has 3 rings (SSSR count). The third kappa shape index (κ3) is 3.92. The van der Waals surface area contributed by atoms with Crippen LogP contribution in [0.4, 0.5) is 0 Å².